The van der Waals surface area contributed by atoms with Crippen LogP contribution in [0.3, 0.4) is 0 Å². The standard InChI is InChI=1S/C11H15N3O2/c1-12-10-9(11(15)13-2)8(5-6-14-10)16-7-3-4-7/h5-7H,3-4H2,1-2H3,(H,12,14)(H,13,15). The molecular formula is C11H15N3O2. The first kappa shape index (κ1) is 10.7. The molecule has 1 saturated carbocycles. The van der Waals surface area contributed by atoms with Crippen molar-refractivity contribution in [3.8, 4) is 5.75 Å². The van der Waals surface area contributed by atoms with Crippen LogP contribution in [0.15, 0.2) is 12.3 Å². The maximum Gasteiger partial charge on any atom is 0.258 e. The van der Waals surface area contributed by atoms with E-state index >= 15 is 0 Å². The van der Waals surface area contributed by atoms with Crippen molar-refractivity contribution < 1.29 is 9.53 Å². The third-order valence-corrected chi connectivity index (χ3v) is 2.42. The van der Waals surface area contributed by atoms with E-state index in [2.05, 4.69) is 15.6 Å². The van der Waals surface area contributed by atoms with Crippen LogP contribution in [0.2, 0.25) is 0 Å². The minimum absolute atomic E-state index is 0.187. The number of aromatic nitrogens is 1. The fourth-order valence-corrected chi connectivity index (χ4v) is 1.44. The zero-order chi connectivity index (χ0) is 11.5. The quantitative estimate of drug-likeness (QED) is 0.797. The number of carbonyl (C=O) groups is 1. The summed E-state index contributed by atoms with van der Waals surface area (Å²) >= 11 is 0. The van der Waals surface area contributed by atoms with Crippen molar-refractivity contribution in [2.75, 3.05) is 19.4 Å². The molecule has 5 heteroatoms. The lowest BCUT2D eigenvalue weighted by Crippen LogP contribution is -2.21. The lowest BCUT2D eigenvalue weighted by atomic mass is 10.2. The van der Waals surface area contributed by atoms with Gasteiger partial charge in [0.2, 0.25) is 0 Å². The Bertz CT molecular complexity index is 402. The van der Waals surface area contributed by atoms with Crippen LogP contribution in [0, 0.1) is 0 Å². The van der Waals surface area contributed by atoms with Gasteiger partial charge in [-0.25, -0.2) is 4.98 Å². The number of hydrogen-bond donors (Lipinski definition) is 2. The van der Waals surface area contributed by atoms with Gasteiger partial charge in [0.25, 0.3) is 5.91 Å². The normalized spacial score (nSPS) is 14.4. The molecular weight excluding hydrogens is 206 g/mol. The van der Waals surface area contributed by atoms with Crippen LogP contribution >= 0.6 is 0 Å². The Morgan fingerprint density at radius 3 is 2.81 bits per heavy atom. The number of pyridine rings is 1. The van der Waals surface area contributed by atoms with Crippen LogP contribution in [-0.2, 0) is 0 Å². The largest absolute Gasteiger partial charge is 0.489 e. The Kier molecular flexibility index (Phi) is 2.94. The molecule has 0 bridgehead atoms. The Hall–Kier alpha value is -1.78. The SMILES string of the molecule is CNC(=O)c1c(OC2CC2)ccnc1NC. The van der Waals surface area contributed by atoms with E-state index in [1.54, 1.807) is 26.4 Å². The van der Waals surface area contributed by atoms with Gasteiger partial charge in [0.05, 0.1) is 6.10 Å². The van der Waals surface area contributed by atoms with Gasteiger partial charge in [0.1, 0.15) is 17.1 Å². The van der Waals surface area contributed by atoms with Crippen molar-refractivity contribution in [1.82, 2.24) is 10.3 Å². The first-order valence-electron chi connectivity index (χ1n) is 5.31. The second-order valence-electron chi connectivity index (χ2n) is 3.68. The van der Waals surface area contributed by atoms with E-state index in [9.17, 15) is 4.79 Å². The highest BCUT2D eigenvalue weighted by atomic mass is 16.5. The molecule has 1 amide bonds. The van der Waals surface area contributed by atoms with Gasteiger partial charge in [-0.3, -0.25) is 4.79 Å². The summed E-state index contributed by atoms with van der Waals surface area (Å²) in [4.78, 5) is 15.8. The molecule has 0 spiro atoms. The average molecular weight is 221 g/mol. The molecule has 0 aliphatic heterocycles. The molecule has 2 N–H and O–H groups in total. The number of nitrogens with zero attached hydrogens (tertiary/aromatic N) is 1. The molecule has 0 saturated heterocycles. The van der Waals surface area contributed by atoms with Crippen LogP contribution in [0.4, 0.5) is 5.82 Å². The average Bonchev–Trinajstić information content (AvgIpc) is 3.11. The lowest BCUT2D eigenvalue weighted by Gasteiger charge is -2.12. The molecule has 16 heavy (non-hydrogen) atoms. The molecule has 1 heterocycles. The first-order chi connectivity index (χ1) is 7.76. The van der Waals surface area contributed by atoms with Gasteiger partial charge in [0.15, 0.2) is 0 Å². The fourth-order valence-electron chi connectivity index (χ4n) is 1.44. The van der Waals surface area contributed by atoms with Gasteiger partial charge in [-0.1, -0.05) is 0 Å². The summed E-state index contributed by atoms with van der Waals surface area (Å²) in [5, 5.41) is 5.48. The van der Waals surface area contributed by atoms with Crippen LogP contribution in [0.1, 0.15) is 23.2 Å². The Morgan fingerprint density at radius 1 is 1.50 bits per heavy atom. The van der Waals surface area contributed by atoms with Crippen LogP contribution < -0.4 is 15.4 Å². The third kappa shape index (κ3) is 2.08. The molecule has 5 nitrogen and oxygen atoms in total. The predicted molar refractivity (Wildman–Crippen MR) is 60.8 cm³/mol. The second kappa shape index (κ2) is 4.38. The van der Waals surface area contributed by atoms with E-state index in [-0.39, 0.29) is 12.0 Å². The molecule has 0 unspecified atom stereocenters. The number of rotatable bonds is 4. The summed E-state index contributed by atoms with van der Waals surface area (Å²) in [6.45, 7) is 0. The minimum atomic E-state index is -0.187. The summed E-state index contributed by atoms with van der Waals surface area (Å²) in [6.07, 6.45) is 4.01. The van der Waals surface area contributed by atoms with E-state index in [0.29, 0.717) is 17.1 Å². The van der Waals surface area contributed by atoms with Gasteiger partial charge in [-0.15, -0.1) is 0 Å². The Morgan fingerprint density at radius 2 is 2.25 bits per heavy atom. The maximum atomic E-state index is 11.7. The number of anilines is 1. The molecule has 1 aromatic heterocycles. The van der Waals surface area contributed by atoms with E-state index < -0.39 is 0 Å². The van der Waals surface area contributed by atoms with Crippen molar-refractivity contribution in [1.29, 1.82) is 0 Å². The number of nitrogens with one attached hydrogen (secondary N) is 2. The molecule has 86 valence electrons. The molecule has 0 aromatic carbocycles. The summed E-state index contributed by atoms with van der Waals surface area (Å²) in [7, 11) is 3.32. The summed E-state index contributed by atoms with van der Waals surface area (Å²) in [5.74, 6) is 0.951. The molecule has 2 rings (SSSR count). The van der Waals surface area contributed by atoms with E-state index in [1.165, 1.54) is 0 Å². The molecule has 1 aliphatic rings. The molecule has 1 aromatic rings. The molecule has 0 radical (unpaired) electrons. The zero-order valence-corrected chi connectivity index (χ0v) is 9.41. The molecule has 1 fully saturated rings. The van der Waals surface area contributed by atoms with Gasteiger partial charge in [-0.05, 0) is 18.9 Å². The third-order valence-electron chi connectivity index (χ3n) is 2.42. The van der Waals surface area contributed by atoms with Gasteiger partial charge >= 0.3 is 0 Å². The summed E-state index contributed by atoms with van der Waals surface area (Å²) in [5.41, 5.74) is 0.472. The zero-order valence-electron chi connectivity index (χ0n) is 9.41. The lowest BCUT2D eigenvalue weighted by molar-refractivity contribution is 0.0959. The smallest absolute Gasteiger partial charge is 0.258 e. The van der Waals surface area contributed by atoms with E-state index in [1.807, 2.05) is 0 Å². The number of hydrogen-bond acceptors (Lipinski definition) is 4. The van der Waals surface area contributed by atoms with Crippen molar-refractivity contribution >= 4 is 11.7 Å². The Labute approximate surface area is 94.2 Å². The van der Waals surface area contributed by atoms with Crippen LogP contribution in [0.25, 0.3) is 0 Å². The number of carbonyl (C=O) groups excluding carboxylic acids is 1. The Balaban J connectivity index is 2.36. The molecule has 1 aliphatic carbocycles. The second-order valence-corrected chi connectivity index (χ2v) is 3.68. The van der Waals surface area contributed by atoms with Crippen LogP contribution in [-0.4, -0.2) is 31.1 Å². The highest BCUT2D eigenvalue weighted by Crippen LogP contribution is 2.31. The van der Waals surface area contributed by atoms with Gasteiger partial charge in [-0.2, -0.15) is 0 Å². The monoisotopic (exact) mass is 221 g/mol. The minimum Gasteiger partial charge on any atom is -0.489 e. The first-order valence-corrected chi connectivity index (χ1v) is 5.31. The van der Waals surface area contributed by atoms with Crippen LogP contribution in [0.5, 0.6) is 5.75 Å². The van der Waals surface area contributed by atoms with Crippen molar-refractivity contribution in [2.24, 2.45) is 0 Å². The summed E-state index contributed by atoms with van der Waals surface area (Å²) in [6, 6.07) is 1.73. The molecule has 0 atom stereocenters. The number of ether oxygens (including phenoxy) is 1. The highest BCUT2D eigenvalue weighted by molar-refractivity contribution is 6.01. The van der Waals surface area contributed by atoms with E-state index in [0.717, 1.165) is 12.8 Å². The predicted octanol–water partition coefficient (Wildman–Crippen LogP) is 1.02. The fraction of sp³-hybridized carbons (Fsp3) is 0.455. The maximum absolute atomic E-state index is 11.7. The van der Waals surface area contributed by atoms with Crippen molar-refractivity contribution in [3.63, 3.8) is 0 Å². The van der Waals surface area contributed by atoms with Crippen molar-refractivity contribution in [2.45, 2.75) is 18.9 Å². The number of amides is 1. The van der Waals surface area contributed by atoms with Crippen molar-refractivity contribution in [3.05, 3.63) is 17.8 Å². The van der Waals surface area contributed by atoms with Gasteiger partial charge in [0, 0.05) is 20.3 Å². The van der Waals surface area contributed by atoms with Gasteiger partial charge < -0.3 is 15.4 Å². The highest BCUT2D eigenvalue weighted by Gasteiger charge is 2.26. The topological polar surface area (TPSA) is 63.2 Å². The summed E-state index contributed by atoms with van der Waals surface area (Å²) < 4.78 is 5.68. The van der Waals surface area contributed by atoms with E-state index in [4.69, 9.17) is 4.74 Å².